The number of carbonyl (C=O) groups excluding carboxylic acids is 3. The highest BCUT2D eigenvalue weighted by Gasteiger charge is 2.28. The summed E-state index contributed by atoms with van der Waals surface area (Å²) in [6.07, 6.45) is 0. The van der Waals surface area contributed by atoms with Crippen LogP contribution in [0.5, 0.6) is 0 Å². The highest BCUT2D eigenvalue weighted by Crippen LogP contribution is 2.35. The molecule has 0 unspecified atom stereocenters. The summed E-state index contributed by atoms with van der Waals surface area (Å²) in [5.41, 5.74) is 0.905. The minimum Gasteiger partial charge on any atom is -0.465 e. The second-order valence-corrected chi connectivity index (χ2v) is 7.65. The standard InChI is InChI=1S/C19H20Cl2N2O4S/c1-5-23(6-2)18(25)15-10(3)14(19(26)27-4)17(28-15)22-16(24)11-7-8-12(20)13(21)9-11/h7-9H,5-6H2,1-4H3,(H,22,24). The van der Waals surface area contributed by atoms with E-state index in [2.05, 4.69) is 5.32 Å². The van der Waals surface area contributed by atoms with Gasteiger partial charge in [-0.2, -0.15) is 0 Å². The molecule has 0 fully saturated rings. The molecular weight excluding hydrogens is 423 g/mol. The van der Waals surface area contributed by atoms with Gasteiger partial charge >= 0.3 is 5.97 Å². The van der Waals surface area contributed by atoms with E-state index >= 15 is 0 Å². The summed E-state index contributed by atoms with van der Waals surface area (Å²) in [7, 11) is 1.25. The average molecular weight is 443 g/mol. The molecule has 150 valence electrons. The van der Waals surface area contributed by atoms with E-state index in [9.17, 15) is 14.4 Å². The molecule has 0 radical (unpaired) electrons. The van der Waals surface area contributed by atoms with Gasteiger partial charge in [-0.1, -0.05) is 23.2 Å². The molecule has 2 aromatic rings. The lowest BCUT2D eigenvalue weighted by Gasteiger charge is -2.17. The summed E-state index contributed by atoms with van der Waals surface area (Å²) in [5, 5.41) is 3.50. The number of methoxy groups -OCH3 is 1. The van der Waals surface area contributed by atoms with E-state index in [1.165, 1.54) is 25.3 Å². The number of thiophene rings is 1. The Balaban J connectivity index is 2.46. The lowest BCUT2D eigenvalue weighted by Crippen LogP contribution is -2.30. The van der Waals surface area contributed by atoms with Gasteiger partial charge < -0.3 is 15.0 Å². The molecule has 0 aliphatic carbocycles. The zero-order chi connectivity index (χ0) is 21.0. The van der Waals surface area contributed by atoms with E-state index in [1.54, 1.807) is 11.8 Å². The second-order valence-electron chi connectivity index (χ2n) is 5.81. The number of halogens is 2. The van der Waals surface area contributed by atoms with Crippen LogP contribution in [0.4, 0.5) is 5.00 Å². The zero-order valence-electron chi connectivity index (χ0n) is 15.9. The Morgan fingerprint density at radius 3 is 2.32 bits per heavy atom. The Morgan fingerprint density at radius 2 is 1.79 bits per heavy atom. The number of benzene rings is 1. The molecule has 0 spiro atoms. The van der Waals surface area contributed by atoms with Gasteiger partial charge in [-0.05, 0) is 44.5 Å². The highest BCUT2D eigenvalue weighted by atomic mass is 35.5. The molecule has 0 bridgehead atoms. The van der Waals surface area contributed by atoms with E-state index < -0.39 is 11.9 Å². The molecule has 0 aliphatic rings. The fraction of sp³-hybridized carbons (Fsp3) is 0.316. The molecule has 2 amide bonds. The Hall–Kier alpha value is -2.09. The summed E-state index contributed by atoms with van der Waals surface area (Å²) in [5.74, 6) is -1.31. The number of hydrogen-bond acceptors (Lipinski definition) is 5. The van der Waals surface area contributed by atoms with Crippen LogP contribution in [0.15, 0.2) is 18.2 Å². The maximum atomic E-state index is 12.8. The van der Waals surface area contributed by atoms with Gasteiger partial charge in [0.2, 0.25) is 0 Å². The predicted octanol–water partition coefficient (Wildman–Crippen LogP) is 4.88. The van der Waals surface area contributed by atoms with Crippen molar-refractivity contribution in [3.8, 4) is 0 Å². The first kappa shape index (κ1) is 22.2. The van der Waals surface area contributed by atoms with Gasteiger partial charge in [0.25, 0.3) is 11.8 Å². The van der Waals surface area contributed by atoms with E-state index in [4.69, 9.17) is 27.9 Å². The van der Waals surface area contributed by atoms with E-state index in [-0.39, 0.29) is 27.1 Å². The number of hydrogen-bond donors (Lipinski definition) is 1. The maximum absolute atomic E-state index is 12.8. The van der Waals surface area contributed by atoms with Crippen LogP contribution in [0.3, 0.4) is 0 Å². The predicted molar refractivity (Wildman–Crippen MR) is 112 cm³/mol. The van der Waals surface area contributed by atoms with Crippen LogP contribution >= 0.6 is 34.5 Å². The Labute approximate surface area is 177 Å². The van der Waals surface area contributed by atoms with Gasteiger partial charge in [-0.15, -0.1) is 11.3 Å². The molecule has 9 heteroatoms. The van der Waals surface area contributed by atoms with Gasteiger partial charge in [-0.3, -0.25) is 9.59 Å². The van der Waals surface area contributed by atoms with Gasteiger partial charge in [0.05, 0.1) is 27.6 Å². The van der Waals surface area contributed by atoms with E-state index in [1.807, 2.05) is 13.8 Å². The van der Waals surface area contributed by atoms with Crippen LogP contribution in [0, 0.1) is 6.92 Å². The second kappa shape index (κ2) is 9.41. The SMILES string of the molecule is CCN(CC)C(=O)c1sc(NC(=O)c2ccc(Cl)c(Cl)c2)c(C(=O)OC)c1C. The number of anilines is 1. The van der Waals surface area contributed by atoms with Gasteiger partial charge in [-0.25, -0.2) is 4.79 Å². The van der Waals surface area contributed by atoms with Crippen molar-refractivity contribution in [3.05, 3.63) is 49.8 Å². The Kier molecular flexibility index (Phi) is 7.46. The highest BCUT2D eigenvalue weighted by molar-refractivity contribution is 7.18. The number of nitrogens with one attached hydrogen (secondary N) is 1. The van der Waals surface area contributed by atoms with Gasteiger partial charge in [0.15, 0.2) is 0 Å². The van der Waals surface area contributed by atoms with Crippen molar-refractivity contribution in [2.45, 2.75) is 20.8 Å². The third-order valence-electron chi connectivity index (χ3n) is 4.19. The van der Waals surface area contributed by atoms with Crippen molar-refractivity contribution in [2.24, 2.45) is 0 Å². The van der Waals surface area contributed by atoms with Crippen LogP contribution in [0.25, 0.3) is 0 Å². The van der Waals surface area contributed by atoms with Crippen molar-refractivity contribution in [1.82, 2.24) is 4.90 Å². The van der Waals surface area contributed by atoms with E-state index in [0.29, 0.717) is 28.6 Å². The molecule has 2 rings (SSSR count). The van der Waals surface area contributed by atoms with Crippen LogP contribution in [-0.4, -0.2) is 42.9 Å². The monoisotopic (exact) mass is 442 g/mol. The number of nitrogens with zero attached hydrogens (tertiary/aromatic N) is 1. The first-order valence-electron chi connectivity index (χ1n) is 8.52. The normalized spacial score (nSPS) is 10.5. The first-order valence-corrected chi connectivity index (χ1v) is 10.1. The molecule has 0 aliphatic heterocycles. The first-order chi connectivity index (χ1) is 13.2. The Bertz CT molecular complexity index is 923. The van der Waals surface area contributed by atoms with E-state index in [0.717, 1.165) is 11.3 Å². The quantitative estimate of drug-likeness (QED) is 0.646. The summed E-state index contributed by atoms with van der Waals surface area (Å²) < 4.78 is 4.84. The summed E-state index contributed by atoms with van der Waals surface area (Å²) >= 11 is 12.9. The molecule has 0 saturated heterocycles. The topological polar surface area (TPSA) is 75.7 Å². The van der Waals surface area contributed by atoms with Crippen molar-refractivity contribution >= 4 is 57.3 Å². The van der Waals surface area contributed by atoms with Crippen LogP contribution in [0.1, 0.15) is 49.8 Å². The van der Waals surface area contributed by atoms with Gasteiger partial charge in [0, 0.05) is 18.7 Å². The molecule has 28 heavy (non-hydrogen) atoms. The van der Waals surface area contributed by atoms with Crippen molar-refractivity contribution in [3.63, 3.8) is 0 Å². The molecule has 0 atom stereocenters. The molecule has 0 saturated carbocycles. The number of amides is 2. The van der Waals surface area contributed by atoms with Crippen molar-refractivity contribution in [2.75, 3.05) is 25.5 Å². The Morgan fingerprint density at radius 1 is 1.14 bits per heavy atom. The number of carbonyl (C=O) groups is 3. The third-order valence-corrected chi connectivity index (χ3v) is 6.12. The zero-order valence-corrected chi connectivity index (χ0v) is 18.2. The van der Waals surface area contributed by atoms with Crippen LogP contribution < -0.4 is 5.32 Å². The molecular formula is C19H20Cl2N2O4S. The molecule has 1 aromatic carbocycles. The minimum atomic E-state index is -0.628. The average Bonchev–Trinajstić information content (AvgIpc) is 3.00. The largest absolute Gasteiger partial charge is 0.465 e. The molecule has 6 nitrogen and oxygen atoms in total. The molecule has 1 aromatic heterocycles. The van der Waals surface area contributed by atoms with Crippen LogP contribution in [-0.2, 0) is 4.74 Å². The number of ether oxygens (including phenoxy) is 1. The lowest BCUT2D eigenvalue weighted by molar-refractivity contribution is 0.0601. The molecule has 1 N–H and O–H groups in total. The summed E-state index contributed by atoms with van der Waals surface area (Å²) in [4.78, 5) is 39.7. The summed E-state index contributed by atoms with van der Waals surface area (Å²) in [6, 6.07) is 4.46. The van der Waals surface area contributed by atoms with Crippen LogP contribution in [0.2, 0.25) is 10.0 Å². The van der Waals surface area contributed by atoms with Crippen molar-refractivity contribution < 1.29 is 19.1 Å². The number of rotatable bonds is 6. The minimum absolute atomic E-state index is 0.163. The number of esters is 1. The maximum Gasteiger partial charge on any atom is 0.341 e. The fourth-order valence-electron chi connectivity index (χ4n) is 2.62. The van der Waals surface area contributed by atoms with Gasteiger partial charge in [0.1, 0.15) is 5.00 Å². The smallest absolute Gasteiger partial charge is 0.341 e. The molecule has 1 heterocycles. The summed E-state index contributed by atoms with van der Waals surface area (Å²) in [6.45, 7) is 6.47. The van der Waals surface area contributed by atoms with Crippen molar-refractivity contribution in [1.29, 1.82) is 0 Å². The third kappa shape index (κ3) is 4.48. The fourth-order valence-corrected chi connectivity index (χ4v) is 4.08. The lowest BCUT2D eigenvalue weighted by atomic mass is 10.1.